The molecular weight excluding hydrogens is 264 g/mol. The van der Waals surface area contributed by atoms with E-state index in [1.165, 1.54) is 0 Å². The first-order chi connectivity index (χ1) is 9.04. The molecule has 0 saturated carbocycles. The third-order valence-corrected chi connectivity index (χ3v) is 2.98. The molecule has 1 aromatic carbocycles. The zero-order valence-corrected chi connectivity index (χ0v) is 12.1. The van der Waals surface area contributed by atoms with E-state index >= 15 is 0 Å². The number of benzene rings is 1. The Hall–Kier alpha value is -1.26. The minimum atomic E-state index is -0.447. The van der Waals surface area contributed by atoms with Crippen LogP contribution in [-0.4, -0.2) is 24.6 Å². The molecule has 106 valence electrons. The Balaban J connectivity index is 2.38. The maximum Gasteiger partial charge on any atom is 0.237 e. The van der Waals surface area contributed by atoms with E-state index in [-0.39, 0.29) is 12.0 Å². The zero-order chi connectivity index (χ0) is 14.3. The number of ether oxygens (including phenoxy) is 1. The highest BCUT2D eigenvalue weighted by atomic mass is 35.5. The second-order valence-electron chi connectivity index (χ2n) is 4.50. The van der Waals surface area contributed by atoms with E-state index in [1.54, 1.807) is 12.1 Å². The van der Waals surface area contributed by atoms with E-state index in [4.69, 9.17) is 22.1 Å². The van der Waals surface area contributed by atoms with Gasteiger partial charge in [-0.05, 0) is 25.5 Å². The summed E-state index contributed by atoms with van der Waals surface area (Å²) in [5, 5.41) is 3.33. The number of carbonyl (C=O) groups is 1. The lowest BCUT2D eigenvalue weighted by atomic mass is 10.1. The summed E-state index contributed by atoms with van der Waals surface area (Å²) < 4.78 is 5.65. The second-order valence-corrected chi connectivity index (χ2v) is 4.91. The molecule has 2 unspecified atom stereocenters. The second kappa shape index (κ2) is 8.02. The average molecular weight is 285 g/mol. The van der Waals surface area contributed by atoms with Crippen molar-refractivity contribution >= 4 is 17.5 Å². The SMILES string of the molecule is CCCC(N)C(=O)NCC(C)Oc1ccccc1Cl. The standard InChI is InChI=1S/C14H21ClN2O2/c1-3-6-12(16)14(18)17-9-10(2)19-13-8-5-4-7-11(13)15/h4-5,7-8,10,12H,3,6,9,16H2,1-2H3,(H,17,18). The molecule has 0 bridgehead atoms. The molecule has 19 heavy (non-hydrogen) atoms. The molecule has 0 radical (unpaired) electrons. The maximum atomic E-state index is 11.6. The first kappa shape index (κ1) is 15.8. The highest BCUT2D eigenvalue weighted by Gasteiger charge is 2.14. The number of hydrogen-bond acceptors (Lipinski definition) is 3. The molecule has 0 saturated heterocycles. The third kappa shape index (κ3) is 5.49. The monoisotopic (exact) mass is 284 g/mol. The molecule has 4 nitrogen and oxygen atoms in total. The van der Waals surface area contributed by atoms with Gasteiger partial charge in [-0.25, -0.2) is 0 Å². The van der Waals surface area contributed by atoms with Crippen molar-refractivity contribution in [1.29, 1.82) is 0 Å². The van der Waals surface area contributed by atoms with E-state index in [2.05, 4.69) is 5.32 Å². The topological polar surface area (TPSA) is 64.4 Å². The van der Waals surface area contributed by atoms with Gasteiger partial charge >= 0.3 is 0 Å². The lowest BCUT2D eigenvalue weighted by Crippen LogP contribution is -2.43. The predicted molar refractivity (Wildman–Crippen MR) is 77.4 cm³/mol. The number of hydrogen-bond donors (Lipinski definition) is 2. The Bertz CT molecular complexity index is 412. The molecule has 0 aliphatic carbocycles. The Morgan fingerprint density at radius 3 is 2.79 bits per heavy atom. The van der Waals surface area contributed by atoms with Crippen LogP contribution in [0.3, 0.4) is 0 Å². The molecule has 0 heterocycles. The molecule has 0 aliphatic heterocycles. The quantitative estimate of drug-likeness (QED) is 0.808. The van der Waals surface area contributed by atoms with Gasteiger partial charge in [0, 0.05) is 0 Å². The average Bonchev–Trinajstić information content (AvgIpc) is 2.39. The van der Waals surface area contributed by atoms with Crippen molar-refractivity contribution in [3.05, 3.63) is 29.3 Å². The molecule has 0 aliphatic rings. The third-order valence-electron chi connectivity index (χ3n) is 2.67. The van der Waals surface area contributed by atoms with Crippen molar-refractivity contribution in [3.63, 3.8) is 0 Å². The molecule has 1 amide bonds. The smallest absolute Gasteiger partial charge is 0.237 e. The lowest BCUT2D eigenvalue weighted by Gasteiger charge is -2.17. The molecule has 0 fully saturated rings. The fraction of sp³-hybridized carbons (Fsp3) is 0.500. The summed E-state index contributed by atoms with van der Waals surface area (Å²) in [5.41, 5.74) is 5.72. The summed E-state index contributed by atoms with van der Waals surface area (Å²) in [7, 11) is 0. The van der Waals surface area contributed by atoms with Gasteiger partial charge < -0.3 is 15.8 Å². The van der Waals surface area contributed by atoms with E-state index in [9.17, 15) is 4.79 Å². The summed E-state index contributed by atoms with van der Waals surface area (Å²) in [6.07, 6.45) is 1.41. The van der Waals surface area contributed by atoms with Crippen LogP contribution in [-0.2, 0) is 4.79 Å². The molecule has 2 atom stereocenters. The van der Waals surface area contributed by atoms with Crippen molar-refractivity contribution in [1.82, 2.24) is 5.32 Å². The van der Waals surface area contributed by atoms with Crippen molar-refractivity contribution in [2.75, 3.05) is 6.54 Å². The predicted octanol–water partition coefficient (Wildman–Crippen LogP) is 2.35. The largest absolute Gasteiger partial charge is 0.487 e. The first-order valence-corrected chi connectivity index (χ1v) is 6.86. The molecule has 5 heteroatoms. The minimum absolute atomic E-state index is 0.142. The molecule has 1 rings (SSSR count). The summed E-state index contributed by atoms with van der Waals surface area (Å²) in [6, 6.07) is 6.80. The van der Waals surface area contributed by atoms with Crippen molar-refractivity contribution in [2.24, 2.45) is 5.73 Å². The van der Waals surface area contributed by atoms with Gasteiger partial charge in [-0.1, -0.05) is 37.1 Å². The van der Waals surface area contributed by atoms with Gasteiger partial charge in [0.1, 0.15) is 11.9 Å². The van der Waals surface area contributed by atoms with E-state index < -0.39 is 6.04 Å². The first-order valence-electron chi connectivity index (χ1n) is 6.49. The number of nitrogens with two attached hydrogens (primary N) is 1. The van der Waals surface area contributed by atoms with E-state index in [1.807, 2.05) is 26.0 Å². The summed E-state index contributed by atoms with van der Waals surface area (Å²) in [5.74, 6) is 0.472. The Morgan fingerprint density at radius 2 is 2.16 bits per heavy atom. The van der Waals surface area contributed by atoms with Crippen LogP contribution >= 0.6 is 11.6 Å². The number of nitrogens with one attached hydrogen (secondary N) is 1. The van der Waals surface area contributed by atoms with Gasteiger partial charge in [-0.15, -0.1) is 0 Å². The van der Waals surface area contributed by atoms with E-state index in [0.29, 0.717) is 23.7 Å². The van der Waals surface area contributed by atoms with Gasteiger partial charge in [0.25, 0.3) is 0 Å². The molecule has 3 N–H and O–H groups in total. The number of rotatable bonds is 7. The Morgan fingerprint density at radius 1 is 1.47 bits per heavy atom. The summed E-state index contributed by atoms with van der Waals surface area (Å²) in [6.45, 7) is 4.27. The Kier molecular flexibility index (Phi) is 6.67. The molecule has 0 aromatic heterocycles. The lowest BCUT2D eigenvalue weighted by molar-refractivity contribution is -0.122. The van der Waals surface area contributed by atoms with Crippen LogP contribution in [0.1, 0.15) is 26.7 Å². The van der Waals surface area contributed by atoms with Gasteiger partial charge in [-0.2, -0.15) is 0 Å². The van der Waals surface area contributed by atoms with Crippen LogP contribution in [0, 0.1) is 0 Å². The van der Waals surface area contributed by atoms with Gasteiger partial charge in [0.2, 0.25) is 5.91 Å². The molecule has 1 aromatic rings. The molecular formula is C14H21ClN2O2. The zero-order valence-electron chi connectivity index (χ0n) is 11.4. The highest BCUT2D eigenvalue weighted by molar-refractivity contribution is 6.32. The van der Waals surface area contributed by atoms with Crippen LogP contribution in [0.5, 0.6) is 5.75 Å². The van der Waals surface area contributed by atoms with Crippen LogP contribution in [0.4, 0.5) is 0 Å². The van der Waals surface area contributed by atoms with E-state index in [0.717, 1.165) is 6.42 Å². The van der Waals surface area contributed by atoms with Crippen molar-refractivity contribution < 1.29 is 9.53 Å². The Labute approximate surface area is 119 Å². The van der Waals surface area contributed by atoms with Crippen molar-refractivity contribution in [3.8, 4) is 5.75 Å². The number of halogens is 1. The van der Waals surface area contributed by atoms with Crippen LogP contribution in [0.25, 0.3) is 0 Å². The maximum absolute atomic E-state index is 11.6. The molecule has 0 spiro atoms. The number of carbonyl (C=O) groups excluding carboxylic acids is 1. The summed E-state index contributed by atoms with van der Waals surface area (Å²) >= 11 is 5.99. The van der Waals surface area contributed by atoms with Crippen LogP contribution in [0.15, 0.2) is 24.3 Å². The van der Waals surface area contributed by atoms with Gasteiger partial charge in [0.15, 0.2) is 0 Å². The fourth-order valence-corrected chi connectivity index (χ4v) is 1.80. The van der Waals surface area contributed by atoms with Crippen LogP contribution in [0.2, 0.25) is 5.02 Å². The number of amides is 1. The number of para-hydroxylation sites is 1. The normalized spacial score (nSPS) is 13.7. The van der Waals surface area contributed by atoms with Crippen molar-refractivity contribution in [2.45, 2.75) is 38.8 Å². The fourth-order valence-electron chi connectivity index (χ4n) is 1.62. The van der Waals surface area contributed by atoms with Gasteiger partial charge in [-0.3, -0.25) is 4.79 Å². The van der Waals surface area contributed by atoms with Crippen LogP contribution < -0.4 is 15.8 Å². The summed E-state index contributed by atoms with van der Waals surface area (Å²) in [4.78, 5) is 11.6. The van der Waals surface area contributed by atoms with Gasteiger partial charge in [0.05, 0.1) is 17.6 Å². The minimum Gasteiger partial charge on any atom is -0.487 e. The highest BCUT2D eigenvalue weighted by Crippen LogP contribution is 2.23.